The third kappa shape index (κ3) is 5.68. The third-order valence-corrected chi connectivity index (χ3v) is 5.55. The Kier molecular flexibility index (Phi) is 7.66. The predicted octanol–water partition coefficient (Wildman–Crippen LogP) is 2.44. The highest BCUT2D eigenvalue weighted by atomic mass is 16.5. The van der Waals surface area contributed by atoms with E-state index in [9.17, 15) is 24.3 Å². The van der Waals surface area contributed by atoms with E-state index in [1.54, 1.807) is 0 Å². The highest BCUT2D eigenvalue weighted by molar-refractivity contribution is 5.89. The highest BCUT2D eigenvalue weighted by Gasteiger charge is 2.30. The quantitative estimate of drug-likeness (QED) is 0.496. The first kappa shape index (κ1) is 23.8. The lowest BCUT2D eigenvalue weighted by Gasteiger charge is -2.19. The standard InChI is InChI=1S/C24H26N2O7/c1-14(22(28)26-20(23(29)30)11-12-21(27)32-2)25-24(31)33-13-19-17-9-5-3-7-15(17)16-8-4-6-10-18(16)19/h3-10,14,19-20H,11-13H2,1-2H3,(H,25,31)(H,26,28)(H,29,30)/t14-,20?/m1/s1. The third-order valence-electron chi connectivity index (χ3n) is 5.55. The zero-order valence-electron chi connectivity index (χ0n) is 18.4. The zero-order valence-corrected chi connectivity index (χ0v) is 18.4. The Bertz CT molecular complexity index is 1010. The molecule has 0 aromatic heterocycles. The summed E-state index contributed by atoms with van der Waals surface area (Å²) in [5, 5.41) is 14.0. The second kappa shape index (κ2) is 10.6. The minimum Gasteiger partial charge on any atom is -0.480 e. The number of rotatable bonds is 9. The van der Waals surface area contributed by atoms with Gasteiger partial charge in [-0.1, -0.05) is 48.5 Å². The van der Waals surface area contributed by atoms with Crippen LogP contribution in [0.5, 0.6) is 0 Å². The van der Waals surface area contributed by atoms with E-state index < -0.39 is 36.0 Å². The van der Waals surface area contributed by atoms with Crippen LogP contribution in [-0.4, -0.2) is 54.8 Å². The number of carboxylic acids is 1. The summed E-state index contributed by atoms with van der Waals surface area (Å²) in [7, 11) is 1.19. The Morgan fingerprint density at radius 2 is 1.55 bits per heavy atom. The molecule has 1 unspecified atom stereocenters. The molecule has 0 bridgehead atoms. The maximum Gasteiger partial charge on any atom is 0.407 e. The van der Waals surface area contributed by atoms with Gasteiger partial charge in [0.25, 0.3) is 0 Å². The number of alkyl carbamates (subject to hydrolysis) is 1. The van der Waals surface area contributed by atoms with Gasteiger partial charge in [0.05, 0.1) is 7.11 Å². The second-order valence-corrected chi connectivity index (χ2v) is 7.71. The molecule has 174 valence electrons. The monoisotopic (exact) mass is 454 g/mol. The summed E-state index contributed by atoms with van der Waals surface area (Å²) in [6, 6.07) is 13.5. The van der Waals surface area contributed by atoms with E-state index in [-0.39, 0.29) is 25.4 Å². The molecule has 0 spiro atoms. The molecule has 2 aromatic carbocycles. The van der Waals surface area contributed by atoms with Crippen LogP contribution in [0.15, 0.2) is 48.5 Å². The van der Waals surface area contributed by atoms with Crippen molar-refractivity contribution in [3.05, 3.63) is 59.7 Å². The van der Waals surface area contributed by atoms with Crippen LogP contribution in [0, 0.1) is 0 Å². The van der Waals surface area contributed by atoms with Crippen molar-refractivity contribution in [1.29, 1.82) is 0 Å². The molecule has 2 amide bonds. The normalized spacial score (nSPS) is 13.8. The van der Waals surface area contributed by atoms with Crippen LogP contribution in [0.3, 0.4) is 0 Å². The maximum atomic E-state index is 12.3. The van der Waals surface area contributed by atoms with Crippen molar-refractivity contribution in [3.63, 3.8) is 0 Å². The van der Waals surface area contributed by atoms with Gasteiger partial charge in [0.15, 0.2) is 0 Å². The molecular weight excluding hydrogens is 428 g/mol. The highest BCUT2D eigenvalue weighted by Crippen LogP contribution is 2.44. The fourth-order valence-electron chi connectivity index (χ4n) is 3.80. The van der Waals surface area contributed by atoms with Crippen molar-refractivity contribution >= 4 is 23.9 Å². The number of benzene rings is 2. The lowest BCUT2D eigenvalue weighted by molar-refractivity contribution is -0.144. The molecule has 0 saturated carbocycles. The van der Waals surface area contributed by atoms with E-state index in [1.165, 1.54) is 14.0 Å². The first-order valence-corrected chi connectivity index (χ1v) is 10.5. The van der Waals surface area contributed by atoms with Crippen LogP contribution < -0.4 is 10.6 Å². The van der Waals surface area contributed by atoms with Crippen LogP contribution in [0.1, 0.15) is 36.8 Å². The van der Waals surface area contributed by atoms with Crippen molar-refractivity contribution in [1.82, 2.24) is 10.6 Å². The molecular formula is C24H26N2O7. The number of amides is 2. The molecule has 0 heterocycles. The fraction of sp³-hybridized carbons (Fsp3) is 0.333. The number of nitrogens with one attached hydrogen (secondary N) is 2. The number of aliphatic carboxylic acids is 1. The largest absolute Gasteiger partial charge is 0.480 e. The van der Waals surface area contributed by atoms with Crippen molar-refractivity contribution in [3.8, 4) is 11.1 Å². The minimum atomic E-state index is -1.29. The minimum absolute atomic E-state index is 0.0884. The van der Waals surface area contributed by atoms with Gasteiger partial charge in [0.1, 0.15) is 18.7 Å². The van der Waals surface area contributed by atoms with E-state index in [1.807, 2.05) is 48.5 Å². The Morgan fingerprint density at radius 3 is 2.09 bits per heavy atom. The number of esters is 1. The summed E-state index contributed by atoms with van der Waals surface area (Å²) in [4.78, 5) is 47.2. The number of fused-ring (bicyclic) bond motifs is 3. The summed E-state index contributed by atoms with van der Waals surface area (Å²) >= 11 is 0. The number of hydrogen-bond acceptors (Lipinski definition) is 6. The zero-order chi connectivity index (χ0) is 24.0. The molecule has 33 heavy (non-hydrogen) atoms. The van der Waals surface area contributed by atoms with Gasteiger partial charge in [-0.25, -0.2) is 9.59 Å². The van der Waals surface area contributed by atoms with Crippen LogP contribution in [-0.2, 0) is 23.9 Å². The maximum absolute atomic E-state index is 12.3. The molecule has 0 aliphatic heterocycles. The van der Waals surface area contributed by atoms with Crippen molar-refractivity contribution in [2.45, 2.75) is 37.8 Å². The van der Waals surface area contributed by atoms with Gasteiger partial charge < -0.3 is 25.2 Å². The Labute approximate surface area is 191 Å². The van der Waals surface area contributed by atoms with Gasteiger partial charge in [0.2, 0.25) is 5.91 Å². The molecule has 3 rings (SSSR count). The Hall–Kier alpha value is -3.88. The second-order valence-electron chi connectivity index (χ2n) is 7.71. The number of ether oxygens (including phenoxy) is 2. The van der Waals surface area contributed by atoms with E-state index in [2.05, 4.69) is 15.4 Å². The molecule has 2 aromatic rings. The molecule has 1 aliphatic carbocycles. The molecule has 0 saturated heterocycles. The lowest BCUT2D eigenvalue weighted by Crippen LogP contribution is -2.50. The van der Waals surface area contributed by atoms with Gasteiger partial charge in [-0.2, -0.15) is 0 Å². The molecule has 1 aliphatic rings. The van der Waals surface area contributed by atoms with Gasteiger partial charge in [-0.05, 0) is 35.6 Å². The van der Waals surface area contributed by atoms with Crippen molar-refractivity contribution < 1.29 is 33.8 Å². The van der Waals surface area contributed by atoms with E-state index in [4.69, 9.17) is 4.74 Å². The van der Waals surface area contributed by atoms with Gasteiger partial charge in [-0.3, -0.25) is 9.59 Å². The fourth-order valence-corrected chi connectivity index (χ4v) is 3.80. The van der Waals surface area contributed by atoms with Crippen molar-refractivity contribution in [2.24, 2.45) is 0 Å². The van der Waals surface area contributed by atoms with Crippen LogP contribution in [0.4, 0.5) is 4.79 Å². The molecule has 3 N–H and O–H groups in total. The summed E-state index contributed by atoms with van der Waals surface area (Å²) in [5.41, 5.74) is 4.32. The van der Waals surface area contributed by atoms with E-state index in [0.29, 0.717) is 0 Å². The van der Waals surface area contributed by atoms with Gasteiger partial charge in [0, 0.05) is 12.3 Å². The number of methoxy groups -OCH3 is 1. The first-order valence-electron chi connectivity index (χ1n) is 10.5. The average Bonchev–Trinajstić information content (AvgIpc) is 3.13. The van der Waals surface area contributed by atoms with E-state index in [0.717, 1.165) is 22.3 Å². The summed E-state index contributed by atoms with van der Waals surface area (Å²) in [6.45, 7) is 1.50. The summed E-state index contributed by atoms with van der Waals surface area (Å²) in [6.07, 6.45) is -1.09. The van der Waals surface area contributed by atoms with Gasteiger partial charge >= 0.3 is 18.0 Å². The molecule has 9 heteroatoms. The number of carbonyl (C=O) groups excluding carboxylic acids is 3. The van der Waals surface area contributed by atoms with Gasteiger partial charge in [-0.15, -0.1) is 0 Å². The molecule has 0 fully saturated rings. The van der Waals surface area contributed by atoms with Crippen molar-refractivity contribution in [2.75, 3.05) is 13.7 Å². The number of carbonyl (C=O) groups is 4. The lowest BCUT2D eigenvalue weighted by atomic mass is 9.98. The predicted molar refractivity (Wildman–Crippen MR) is 118 cm³/mol. The van der Waals surface area contributed by atoms with E-state index >= 15 is 0 Å². The Balaban J connectivity index is 1.55. The first-order chi connectivity index (χ1) is 15.8. The van der Waals surface area contributed by atoms with Crippen LogP contribution >= 0.6 is 0 Å². The SMILES string of the molecule is COC(=O)CCC(NC(=O)[C@@H](C)NC(=O)OCC1c2ccccc2-c2ccccc21)C(=O)O. The smallest absolute Gasteiger partial charge is 0.407 e. The molecule has 0 radical (unpaired) electrons. The summed E-state index contributed by atoms with van der Waals surface area (Å²) in [5.74, 6) is -2.70. The Morgan fingerprint density at radius 1 is 0.970 bits per heavy atom. The summed E-state index contributed by atoms with van der Waals surface area (Å²) < 4.78 is 9.88. The molecule has 2 atom stereocenters. The molecule has 9 nitrogen and oxygen atoms in total. The average molecular weight is 454 g/mol. The topological polar surface area (TPSA) is 131 Å². The number of carboxylic acid groups (broad SMARTS) is 1. The number of hydrogen-bond donors (Lipinski definition) is 3. The van der Waals surface area contributed by atoms with Crippen LogP contribution in [0.25, 0.3) is 11.1 Å². The van der Waals surface area contributed by atoms with Crippen LogP contribution in [0.2, 0.25) is 0 Å².